The zero-order valence-corrected chi connectivity index (χ0v) is 12.1. The number of carbonyl (C=O) groups is 1. The van der Waals surface area contributed by atoms with Gasteiger partial charge in [-0.3, -0.25) is 0 Å². The van der Waals surface area contributed by atoms with E-state index in [1.165, 1.54) is 0 Å². The first-order valence-corrected chi connectivity index (χ1v) is 6.61. The fourth-order valence-electron chi connectivity index (χ4n) is 2.01. The summed E-state index contributed by atoms with van der Waals surface area (Å²) in [7, 11) is 0. The van der Waals surface area contributed by atoms with Crippen LogP contribution in [0.1, 0.15) is 27.7 Å². The Morgan fingerprint density at radius 1 is 1.26 bits per heavy atom. The van der Waals surface area contributed by atoms with Gasteiger partial charge >= 0.3 is 6.03 Å². The lowest BCUT2D eigenvalue weighted by Crippen LogP contribution is -2.44. The van der Waals surface area contributed by atoms with Gasteiger partial charge in [-0.2, -0.15) is 0 Å². The number of nitrogens with one attached hydrogen (secondary N) is 2. The van der Waals surface area contributed by atoms with Crippen LogP contribution in [0, 0.1) is 11.3 Å². The van der Waals surface area contributed by atoms with Crippen LogP contribution in [0.3, 0.4) is 0 Å². The van der Waals surface area contributed by atoms with Crippen molar-refractivity contribution >= 4 is 11.7 Å². The molecule has 0 saturated carbocycles. The van der Waals surface area contributed by atoms with Crippen molar-refractivity contribution in [3.05, 3.63) is 30.3 Å². The second-order valence-electron chi connectivity index (χ2n) is 5.85. The Bertz CT molecular complexity index is 402. The summed E-state index contributed by atoms with van der Waals surface area (Å²) >= 11 is 0. The largest absolute Gasteiger partial charge is 0.392 e. The second-order valence-corrected chi connectivity index (χ2v) is 5.85. The van der Waals surface area contributed by atoms with E-state index < -0.39 is 6.10 Å². The highest BCUT2D eigenvalue weighted by molar-refractivity contribution is 5.89. The standard InChI is InChI=1S/C15H24N2O2/c1-11(2)13(18)15(3,4)10-16-14(19)17-12-8-6-5-7-9-12/h5-9,11,13,18H,10H2,1-4H3,(H2,16,17,19). The maximum Gasteiger partial charge on any atom is 0.319 e. The third-order valence-corrected chi connectivity index (χ3v) is 3.17. The highest BCUT2D eigenvalue weighted by Crippen LogP contribution is 2.25. The summed E-state index contributed by atoms with van der Waals surface area (Å²) in [4.78, 5) is 11.7. The van der Waals surface area contributed by atoms with E-state index in [-0.39, 0.29) is 17.4 Å². The molecule has 0 bridgehead atoms. The van der Waals surface area contributed by atoms with E-state index in [2.05, 4.69) is 10.6 Å². The fraction of sp³-hybridized carbons (Fsp3) is 0.533. The smallest absolute Gasteiger partial charge is 0.319 e. The Morgan fingerprint density at radius 2 is 1.84 bits per heavy atom. The van der Waals surface area contributed by atoms with Gasteiger partial charge in [-0.05, 0) is 18.1 Å². The van der Waals surface area contributed by atoms with E-state index in [0.29, 0.717) is 6.54 Å². The molecule has 1 atom stereocenters. The van der Waals surface area contributed by atoms with Crippen molar-refractivity contribution in [1.29, 1.82) is 0 Å². The number of hydrogen-bond donors (Lipinski definition) is 3. The lowest BCUT2D eigenvalue weighted by Gasteiger charge is -2.33. The van der Waals surface area contributed by atoms with Crippen LogP contribution in [-0.2, 0) is 0 Å². The zero-order valence-electron chi connectivity index (χ0n) is 12.1. The predicted octanol–water partition coefficient (Wildman–Crippen LogP) is 2.85. The highest BCUT2D eigenvalue weighted by atomic mass is 16.3. The normalized spacial score (nSPS) is 13.2. The predicted molar refractivity (Wildman–Crippen MR) is 78.1 cm³/mol. The first-order valence-electron chi connectivity index (χ1n) is 6.61. The van der Waals surface area contributed by atoms with Crippen LogP contribution in [0.5, 0.6) is 0 Å². The molecule has 0 aliphatic heterocycles. The van der Waals surface area contributed by atoms with E-state index in [0.717, 1.165) is 5.69 Å². The van der Waals surface area contributed by atoms with Crippen molar-refractivity contribution in [2.45, 2.75) is 33.8 Å². The van der Waals surface area contributed by atoms with Gasteiger partial charge in [-0.25, -0.2) is 4.79 Å². The number of para-hydroxylation sites is 1. The van der Waals surface area contributed by atoms with Crippen molar-refractivity contribution in [3.8, 4) is 0 Å². The molecular formula is C15H24N2O2. The molecule has 1 aromatic rings. The highest BCUT2D eigenvalue weighted by Gasteiger charge is 2.30. The minimum Gasteiger partial charge on any atom is -0.392 e. The van der Waals surface area contributed by atoms with Gasteiger partial charge in [0.05, 0.1) is 6.10 Å². The van der Waals surface area contributed by atoms with Crippen LogP contribution < -0.4 is 10.6 Å². The summed E-state index contributed by atoms with van der Waals surface area (Å²) in [6, 6.07) is 9.02. The van der Waals surface area contributed by atoms with E-state index in [9.17, 15) is 9.90 Å². The molecule has 3 N–H and O–H groups in total. The molecule has 106 valence electrons. The van der Waals surface area contributed by atoms with Gasteiger partial charge in [-0.1, -0.05) is 45.9 Å². The van der Waals surface area contributed by atoms with Gasteiger partial charge in [0.15, 0.2) is 0 Å². The van der Waals surface area contributed by atoms with Gasteiger partial charge in [-0.15, -0.1) is 0 Å². The molecule has 0 aliphatic carbocycles. The summed E-state index contributed by atoms with van der Waals surface area (Å²) in [5, 5.41) is 15.6. The van der Waals surface area contributed by atoms with Gasteiger partial charge in [0, 0.05) is 17.6 Å². The maximum atomic E-state index is 11.7. The summed E-state index contributed by atoms with van der Waals surface area (Å²) < 4.78 is 0. The number of urea groups is 1. The molecule has 1 aromatic carbocycles. The lowest BCUT2D eigenvalue weighted by atomic mass is 9.81. The summed E-state index contributed by atoms with van der Waals surface area (Å²) in [6.07, 6.45) is -0.454. The Kier molecular flexibility index (Phi) is 5.36. The van der Waals surface area contributed by atoms with Crippen molar-refractivity contribution in [2.24, 2.45) is 11.3 Å². The van der Waals surface area contributed by atoms with E-state index >= 15 is 0 Å². The van der Waals surface area contributed by atoms with Crippen molar-refractivity contribution in [1.82, 2.24) is 5.32 Å². The molecule has 2 amide bonds. The molecule has 1 rings (SSSR count). The minimum absolute atomic E-state index is 0.161. The molecule has 0 aliphatic rings. The molecule has 4 heteroatoms. The number of amides is 2. The minimum atomic E-state index is -0.454. The molecule has 0 saturated heterocycles. The number of aliphatic hydroxyl groups excluding tert-OH is 1. The van der Waals surface area contributed by atoms with Crippen LogP contribution in [0.25, 0.3) is 0 Å². The molecular weight excluding hydrogens is 240 g/mol. The summed E-state index contributed by atoms with van der Waals surface area (Å²) in [5.74, 6) is 0.161. The van der Waals surface area contributed by atoms with Crippen LogP contribution in [0.2, 0.25) is 0 Å². The maximum absolute atomic E-state index is 11.7. The zero-order chi connectivity index (χ0) is 14.5. The lowest BCUT2D eigenvalue weighted by molar-refractivity contribution is 0.0154. The molecule has 0 aromatic heterocycles. The van der Waals surface area contributed by atoms with Gasteiger partial charge in [0.1, 0.15) is 0 Å². The van der Waals surface area contributed by atoms with Crippen LogP contribution in [-0.4, -0.2) is 23.8 Å². The van der Waals surface area contributed by atoms with Crippen LogP contribution in [0.4, 0.5) is 10.5 Å². The first kappa shape index (κ1) is 15.5. The average Bonchev–Trinajstić information content (AvgIpc) is 2.36. The van der Waals surface area contributed by atoms with Gasteiger partial charge < -0.3 is 15.7 Å². The van der Waals surface area contributed by atoms with Crippen molar-refractivity contribution < 1.29 is 9.90 Å². The number of aliphatic hydroxyl groups is 1. The third-order valence-electron chi connectivity index (χ3n) is 3.17. The van der Waals surface area contributed by atoms with Crippen molar-refractivity contribution in [3.63, 3.8) is 0 Å². The molecule has 0 spiro atoms. The SMILES string of the molecule is CC(C)C(O)C(C)(C)CNC(=O)Nc1ccccc1. The van der Waals surface area contributed by atoms with Gasteiger partial charge in [0.2, 0.25) is 0 Å². The second kappa shape index (κ2) is 6.57. The van der Waals surface area contributed by atoms with Gasteiger partial charge in [0.25, 0.3) is 0 Å². The number of carbonyl (C=O) groups excluding carboxylic acids is 1. The first-order chi connectivity index (χ1) is 8.83. The average molecular weight is 264 g/mol. The number of benzene rings is 1. The fourth-order valence-corrected chi connectivity index (χ4v) is 2.01. The molecule has 19 heavy (non-hydrogen) atoms. The summed E-state index contributed by atoms with van der Waals surface area (Å²) in [6.45, 7) is 8.25. The quantitative estimate of drug-likeness (QED) is 0.766. The molecule has 0 heterocycles. The summed E-state index contributed by atoms with van der Waals surface area (Å²) in [5.41, 5.74) is 0.393. The molecule has 0 fully saturated rings. The monoisotopic (exact) mass is 264 g/mol. The topological polar surface area (TPSA) is 61.4 Å². The number of hydrogen-bond acceptors (Lipinski definition) is 2. The van der Waals surface area contributed by atoms with E-state index in [1.807, 2.05) is 58.0 Å². The molecule has 4 nitrogen and oxygen atoms in total. The van der Waals surface area contributed by atoms with Crippen LogP contribution in [0.15, 0.2) is 30.3 Å². The number of anilines is 1. The Labute approximate surface area is 115 Å². The Hall–Kier alpha value is -1.55. The number of rotatable bonds is 5. The van der Waals surface area contributed by atoms with Crippen LogP contribution >= 0.6 is 0 Å². The van der Waals surface area contributed by atoms with E-state index in [4.69, 9.17) is 0 Å². The molecule has 1 unspecified atom stereocenters. The Balaban J connectivity index is 2.46. The molecule has 0 radical (unpaired) electrons. The van der Waals surface area contributed by atoms with E-state index in [1.54, 1.807) is 0 Å². The Morgan fingerprint density at radius 3 is 2.37 bits per heavy atom. The third kappa shape index (κ3) is 4.91. The van der Waals surface area contributed by atoms with Crippen molar-refractivity contribution in [2.75, 3.05) is 11.9 Å².